The van der Waals surface area contributed by atoms with Crippen LogP contribution in [-0.2, 0) is 14.4 Å². The predicted molar refractivity (Wildman–Crippen MR) is 119 cm³/mol. The second-order valence-corrected chi connectivity index (χ2v) is 8.66. The Labute approximate surface area is 184 Å². The van der Waals surface area contributed by atoms with E-state index in [2.05, 4.69) is 10.6 Å². The van der Waals surface area contributed by atoms with E-state index in [9.17, 15) is 19.2 Å². The van der Waals surface area contributed by atoms with Gasteiger partial charge in [-0.2, -0.15) is 11.8 Å². The molecule has 0 radical (unpaired) electrons. The van der Waals surface area contributed by atoms with Gasteiger partial charge in [-0.1, -0.05) is 6.07 Å². The normalized spacial score (nSPS) is 18.0. The molecule has 11 heteroatoms. The number of hydrogen-bond donors (Lipinski definition) is 3. The summed E-state index contributed by atoms with van der Waals surface area (Å²) in [6, 6.07) is 5.89. The van der Waals surface area contributed by atoms with Gasteiger partial charge in [-0.3, -0.25) is 14.4 Å². The molecule has 0 unspecified atom stereocenters. The van der Waals surface area contributed by atoms with Gasteiger partial charge in [0.2, 0.25) is 17.7 Å². The Morgan fingerprint density at radius 3 is 2.63 bits per heavy atom. The zero-order valence-electron chi connectivity index (χ0n) is 17.2. The fraction of sp³-hybridized carbons (Fsp3) is 0.474. The molecular formula is C19H27N5O4S2. The molecule has 0 saturated carbocycles. The van der Waals surface area contributed by atoms with Crippen molar-refractivity contribution in [2.45, 2.75) is 23.4 Å². The standard InChI is InChI=1S/C19H27N5O4S2/c1-23(10-16(20)25)18(27)15-8-13(9-24(15)17(26)11-29-2)22-19(28)21-12-5-4-6-14(7-12)30-3/h4-7,13,15H,8-11H2,1-3H3,(H2,20,25)(H2,21,22,28)/t13-,15-/m0/s1. The smallest absolute Gasteiger partial charge is 0.319 e. The van der Waals surface area contributed by atoms with Crippen molar-refractivity contribution in [3.05, 3.63) is 24.3 Å². The SMILES string of the molecule is CSCC(=O)N1C[C@@H](NC(=O)Nc2cccc(SC)c2)C[C@H]1C(=O)N(C)CC(N)=O. The topological polar surface area (TPSA) is 125 Å². The highest BCUT2D eigenvalue weighted by Gasteiger charge is 2.41. The number of hydrogen-bond acceptors (Lipinski definition) is 6. The molecule has 9 nitrogen and oxygen atoms in total. The summed E-state index contributed by atoms with van der Waals surface area (Å²) < 4.78 is 0. The van der Waals surface area contributed by atoms with Crippen LogP contribution in [0.2, 0.25) is 0 Å². The van der Waals surface area contributed by atoms with Crippen LogP contribution in [0.5, 0.6) is 0 Å². The fourth-order valence-corrected chi connectivity index (χ4v) is 4.15. The number of thioether (sulfide) groups is 2. The quantitative estimate of drug-likeness (QED) is 0.500. The number of nitrogens with one attached hydrogen (secondary N) is 2. The number of carbonyl (C=O) groups is 4. The van der Waals surface area contributed by atoms with E-state index < -0.39 is 24.0 Å². The van der Waals surface area contributed by atoms with Crippen molar-refractivity contribution < 1.29 is 19.2 Å². The minimum Gasteiger partial charge on any atom is -0.368 e. The zero-order chi connectivity index (χ0) is 22.3. The number of nitrogens with zero attached hydrogens (tertiary/aromatic N) is 2. The number of urea groups is 1. The molecule has 1 fully saturated rings. The van der Waals surface area contributed by atoms with Crippen LogP contribution in [0, 0.1) is 0 Å². The summed E-state index contributed by atoms with van der Waals surface area (Å²) in [4.78, 5) is 52.6. The van der Waals surface area contributed by atoms with Crippen LogP contribution in [0.25, 0.3) is 0 Å². The molecule has 1 heterocycles. The molecule has 1 aromatic carbocycles. The van der Waals surface area contributed by atoms with Gasteiger partial charge < -0.3 is 26.2 Å². The van der Waals surface area contributed by atoms with Gasteiger partial charge in [0.1, 0.15) is 6.04 Å². The lowest BCUT2D eigenvalue weighted by molar-refractivity contribution is -0.142. The average Bonchev–Trinajstić information content (AvgIpc) is 3.10. The first kappa shape index (κ1) is 23.9. The lowest BCUT2D eigenvalue weighted by Crippen LogP contribution is -2.48. The maximum absolute atomic E-state index is 12.8. The number of likely N-dealkylation sites (tertiary alicyclic amines) is 1. The van der Waals surface area contributed by atoms with Gasteiger partial charge in [-0.25, -0.2) is 4.79 Å². The van der Waals surface area contributed by atoms with Crippen LogP contribution >= 0.6 is 23.5 Å². The van der Waals surface area contributed by atoms with E-state index in [0.29, 0.717) is 5.69 Å². The highest BCUT2D eigenvalue weighted by molar-refractivity contribution is 7.99. The van der Waals surface area contributed by atoms with Gasteiger partial charge in [-0.15, -0.1) is 11.8 Å². The summed E-state index contributed by atoms with van der Waals surface area (Å²) >= 11 is 2.93. The van der Waals surface area contributed by atoms with Crippen molar-refractivity contribution in [2.75, 3.05) is 43.7 Å². The lowest BCUT2D eigenvalue weighted by Gasteiger charge is -2.27. The van der Waals surface area contributed by atoms with E-state index in [1.54, 1.807) is 24.1 Å². The van der Waals surface area contributed by atoms with Crippen LogP contribution in [0.1, 0.15) is 6.42 Å². The number of primary amides is 1. The number of anilines is 1. The Balaban J connectivity index is 2.05. The van der Waals surface area contributed by atoms with E-state index in [0.717, 1.165) is 4.90 Å². The summed E-state index contributed by atoms with van der Waals surface area (Å²) in [7, 11) is 1.47. The average molecular weight is 454 g/mol. The third-order valence-corrected chi connectivity index (χ3v) is 5.87. The number of rotatable bonds is 8. The number of carbonyl (C=O) groups excluding carboxylic acids is 4. The maximum atomic E-state index is 12.8. The Morgan fingerprint density at radius 2 is 2.00 bits per heavy atom. The summed E-state index contributed by atoms with van der Waals surface area (Å²) in [5.41, 5.74) is 5.83. The number of amides is 5. The summed E-state index contributed by atoms with van der Waals surface area (Å²) in [5, 5.41) is 5.61. The van der Waals surface area contributed by atoms with E-state index >= 15 is 0 Å². The van der Waals surface area contributed by atoms with Crippen molar-refractivity contribution in [1.29, 1.82) is 0 Å². The summed E-state index contributed by atoms with van der Waals surface area (Å²) in [5.74, 6) is -0.970. The monoisotopic (exact) mass is 453 g/mol. The highest BCUT2D eigenvalue weighted by atomic mass is 32.2. The van der Waals surface area contributed by atoms with Gasteiger partial charge >= 0.3 is 6.03 Å². The molecule has 0 spiro atoms. The molecule has 1 aliphatic heterocycles. The molecular weight excluding hydrogens is 426 g/mol. The molecule has 0 aliphatic carbocycles. The molecule has 0 aromatic heterocycles. The molecule has 2 rings (SSSR count). The third-order valence-electron chi connectivity index (χ3n) is 4.61. The molecule has 0 bridgehead atoms. The van der Waals surface area contributed by atoms with E-state index in [1.165, 1.54) is 28.6 Å². The van der Waals surface area contributed by atoms with E-state index in [-0.39, 0.29) is 37.1 Å². The van der Waals surface area contributed by atoms with Crippen molar-refractivity contribution in [3.8, 4) is 0 Å². The Morgan fingerprint density at radius 1 is 1.27 bits per heavy atom. The van der Waals surface area contributed by atoms with Gasteiger partial charge in [-0.05, 0) is 37.1 Å². The van der Waals surface area contributed by atoms with Crippen LogP contribution in [-0.4, -0.2) is 84.0 Å². The highest BCUT2D eigenvalue weighted by Crippen LogP contribution is 2.22. The zero-order valence-corrected chi connectivity index (χ0v) is 18.8. The van der Waals surface area contributed by atoms with Crippen molar-refractivity contribution in [1.82, 2.24) is 15.1 Å². The molecule has 4 N–H and O–H groups in total. The van der Waals surface area contributed by atoms with E-state index in [4.69, 9.17) is 5.73 Å². The Hall–Kier alpha value is -2.40. The summed E-state index contributed by atoms with van der Waals surface area (Å²) in [6.07, 6.45) is 4.01. The van der Waals surface area contributed by atoms with Crippen LogP contribution < -0.4 is 16.4 Å². The van der Waals surface area contributed by atoms with Crippen LogP contribution in [0.15, 0.2) is 29.2 Å². The van der Waals surface area contributed by atoms with Crippen molar-refractivity contribution in [2.24, 2.45) is 5.73 Å². The van der Waals surface area contributed by atoms with Gasteiger partial charge in [0.15, 0.2) is 0 Å². The molecule has 1 saturated heterocycles. The molecule has 2 atom stereocenters. The molecule has 1 aromatic rings. The van der Waals surface area contributed by atoms with Crippen molar-refractivity contribution in [3.63, 3.8) is 0 Å². The van der Waals surface area contributed by atoms with Crippen LogP contribution in [0.3, 0.4) is 0 Å². The van der Waals surface area contributed by atoms with Gasteiger partial charge in [0, 0.05) is 24.2 Å². The Bertz CT molecular complexity index is 807. The third kappa shape index (κ3) is 6.56. The largest absolute Gasteiger partial charge is 0.368 e. The lowest BCUT2D eigenvalue weighted by atomic mass is 10.1. The van der Waals surface area contributed by atoms with Gasteiger partial charge in [0.05, 0.1) is 18.3 Å². The van der Waals surface area contributed by atoms with E-state index in [1.807, 2.05) is 24.5 Å². The predicted octanol–water partition coefficient (Wildman–Crippen LogP) is 0.806. The first-order chi connectivity index (χ1) is 14.2. The second kappa shape index (κ2) is 11.1. The maximum Gasteiger partial charge on any atom is 0.319 e. The fourth-order valence-electron chi connectivity index (χ4n) is 3.28. The second-order valence-electron chi connectivity index (χ2n) is 6.92. The number of nitrogens with two attached hydrogens (primary N) is 1. The van der Waals surface area contributed by atoms with Crippen LogP contribution in [0.4, 0.5) is 10.5 Å². The molecule has 1 aliphatic rings. The first-order valence-corrected chi connectivity index (χ1v) is 11.9. The minimum atomic E-state index is -0.751. The molecule has 164 valence electrons. The number of benzene rings is 1. The number of likely N-dealkylation sites (N-methyl/N-ethyl adjacent to an activating group) is 1. The first-order valence-electron chi connectivity index (χ1n) is 9.28. The molecule has 30 heavy (non-hydrogen) atoms. The summed E-state index contributed by atoms with van der Waals surface area (Å²) in [6.45, 7) is -0.0112. The van der Waals surface area contributed by atoms with Crippen molar-refractivity contribution >= 4 is 53.0 Å². The minimum absolute atomic E-state index is 0.189. The molecule has 5 amide bonds. The van der Waals surface area contributed by atoms with Gasteiger partial charge in [0.25, 0.3) is 0 Å². The Kier molecular flexibility index (Phi) is 8.85.